The van der Waals surface area contributed by atoms with E-state index in [1.165, 1.54) is 0 Å². The van der Waals surface area contributed by atoms with Gasteiger partial charge in [0.1, 0.15) is 0 Å². The van der Waals surface area contributed by atoms with Crippen molar-refractivity contribution < 1.29 is 9.90 Å². The summed E-state index contributed by atoms with van der Waals surface area (Å²) in [4.78, 5) is 11.6. The maximum absolute atomic E-state index is 11.6. The Morgan fingerprint density at radius 2 is 2.00 bits per heavy atom. The number of benzene rings is 1. The second-order valence-corrected chi connectivity index (χ2v) is 5.94. The summed E-state index contributed by atoms with van der Waals surface area (Å²) < 4.78 is 0. The van der Waals surface area contributed by atoms with Crippen LogP contribution in [0.5, 0.6) is 0 Å². The topological polar surface area (TPSA) is 61.4 Å². The lowest BCUT2D eigenvalue weighted by Gasteiger charge is -2.25. The smallest absolute Gasteiger partial charge is 0.319 e. The number of carbonyl (C=O) groups is 1. The fourth-order valence-corrected chi connectivity index (χ4v) is 1.67. The lowest BCUT2D eigenvalue weighted by molar-refractivity contribution is 0.0565. The third-order valence-corrected chi connectivity index (χ3v) is 3.15. The van der Waals surface area contributed by atoms with E-state index in [4.69, 9.17) is 11.6 Å². The van der Waals surface area contributed by atoms with Gasteiger partial charge in [-0.05, 0) is 24.0 Å². The van der Waals surface area contributed by atoms with Gasteiger partial charge in [0.25, 0.3) is 0 Å². The van der Waals surface area contributed by atoms with Crippen molar-refractivity contribution in [1.82, 2.24) is 5.32 Å². The van der Waals surface area contributed by atoms with Gasteiger partial charge < -0.3 is 15.7 Å². The maximum Gasteiger partial charge on any atom is 0.319 e. The maximum atomic E-state index is 11.6. The number of aliphatic hydroxyl groups is 1. The van der Waals surface area contributed by atoms with E-state index in [1.54, 1.807) is 24.3 Å². The van der Waals surface area contributed by atoms with Gasteiger partial charge >= 0.3 is 6.03 Å². The Morgan fingerprint density at radius 1 is 1.37 bits per heavy atom. The van der Waals surface area contributed by atoms with Crippen LogP contribution in [-0.2, 0) is 0 Å². The first-order valence-electron chi connectivity index (χ1n) is 6.28. The number of para-hydroxylation sites is 1. The van der Waals surface area contributed by atoms with E-state index in [9.17, 15) is 9.90 Å². The fourth-order valence-electron chi connectivity index (χ4n) is 1.48. The summed E-state index contributed by atoms with van der Waals surface area (Å²) in [6, 6.07) is 6.71. The van der Waals surface area contributed by atoms with Crippen molar-refractivity contribution in [1.29, 1.82) is 0 Å². The summed E-state index contributed by atoms with van der Waals surface area (Å²) in [5.74, 6) is 0. The van der Waals surface area contributed by atoms with Gasteiger partial charge in [-0.2, -0.15) is 0 Å². The molecule has 3 N–H and O–H groups in total. The highest BCUT2D eigenvalue weighted by Gasteiger charge is 2.21. The zero-order chi connectivity index (χ0) is 14.5. The quantitative estimate of drug-likeness (QED) is 0.795. The molecule has 5 heteroatoms. The van der Waals surface area contributed by atoms with Crippen LogP contribution in [0.2, 0.25) is 5.02 Å². The number of carbonyl (C=O) groups excluding carboxylic acids is 1. The molecule has 1 aromatic carbocycles. The highest BCUT2D eigenvalue weighted by Crippen LogP contribution is 2.21. The normalized spacial score (nSPS) is 12.9. The third-order valence-electron chi connectivity index (χ3n) is 2.83. The van der Waals surface area contributed by atoms with E-state index in [0.29, 0.717) is 23.7 Å². The molecule has 0 aliphatic rings. The zero-order valence-corrected chi connectivity index (χ0v) is 12.3. The number of hydrogen-bond acceptors (Lipinski definition) is 2. The Bertz CT molecular complexity index is 430. The molecule has 106 valence electrons. The molecule has 0 fully saturated rings. The lowest BCUT2D eigenvalue weighted by atomic mass is 9.87. The van der Waals surface area contributed by atoms with Gasteiger partial charge in [0.05, 0.1) is 16.8 Å². The van der Waals surface area contributed by atoms with E-state index in [0.717, 1.165) is 0 Å². The summed E-state index contributed by atoms with van der Waals surface area (Å²) in [7, 11) is 0. The van der Waals surface area contributed by atoms with Crippen LogP contribution in [-0.4, -0.2) is 23.8 Å². The Balaban J connectivity index is 2.35. The number of anilines is 1. The molecule has 0 aliphatic heterocycles. The molecule has 2 amide bonds. The summed E-state index contributed by atoms with van der Waals surface area (Å²) in [5.41, 5.74) is 0.388. The number of rotatable bonds is 4. The van der Waals surface area contributed by atoms with E-state index < -0.39 is 6.10 Å². The molecule has 0 aliphatic carbocycles. The minimum atomic E-state index is -0.451. The van der Waals surface area contributed by atoms with Crippen LogP contribution in [0.4, 0.5) is 10.5 Å². The Labute approximate surface area is 119 Å². The standard InChI is InChI=1S/C14H21ClN2O2/c1-14(2,3)12(18)8-9-16-13(19)17-11-7-5-4-6-10(11)15/h4-7,12,18H,8-9H2,1-3H3,(H2,16,17,19)/t12-/m0/s1. The Hall–Kier alpha value is -1.26. The minimum Gasteiger partial charge on any atom is -0.393 e. The highest BCUT2D eigenvalue weighted by atomic mass is 35.5. The molecule has 0 unspecified atom stereocenters. The molecular formula is C14H21ClN2O2. The Morgan fingerprint density at radius 3 is 2.58 bits per heavy atom. The summed E-state index contributed by atoms with van der Waals surface area (Å²) in [6.07, 6.45) is 0.0625. The number of hydrogen-bond donors (Lipinski definition) is 3. The van der Waals surface area contributed by atoms with Crippen molar-refractivity contribution in [3.05, 3.63) is 29.3 Å². The first-order valence-corrected chi connectivity index (χ1v) is 6.66. The van der Waals surface area contributed by atoms with Crippen LogP contribution in [0.25, 0.3) is 0 Å². The van der Waals surface area contributed by atoms with Crippen LogP contribution < -0.4 is 10.6 Å². The molecule has 1 aromatic rings. The van der Waals surface area contributed by atoms with Crippen LogP contribution in [0.15, 0.2) is 24.3 Å². The Kier molecular flexibility index (Phi) is 5.63. The van der Waals surface area contributed by atoms with Crippen molar-refractivity contribution >= 4 is 23.3 Å². The first-order chi connectivity index (χ1) is 8.80. The largest absolute Gasteiger partial charge is 0.393 e. The second kappa shape index (κ2) is 6.78. The molecule has 1 rings (SSSR count). The van der Waals surface area contributed by atoms with Gasteiger partial charge in [-0.1, -0.05) is 44.5 Å². The van der Waals surface area contributed by atoms with Gasteiger partial charge in [0.15, 0.2) is 0 Å². The first kappa shape index (κ1) is 15.8. The van der Waals surface area contributed by atoms with Gasteiger partial charge in [-0.15, -0.1) is 0 Å². The summed E-state index contributed by atoms with van der Waals surface area (Å²) in [6.45, 7) is 6.29. The zero-order valence-electron chi connectivity index (χ0n) is 11.5. The molecule has 0 radical (unpaired) electrons. The summed E-state index contributed by atoms with van der Waals surface area (Å²) >= 11 is 5.93. The number of urea groups is 1. The van der Waals surface area contributed by atoms with E-state index in [-0.39, 0.29) is 11.4 Å². The van der Waals surface area contributed by atoms with Crippen LogP contribution in [0, 0.1) is 5.41 Å². The molecule has 19 heavy (non-hydrogen) atoms. The van der Waals surface area contributed by atoms with Crippen LogP contribution >= 0.6 is 11.6 Å². The molecule has 0 bridgehead atoms. The lowest BCUT2D eigenvalue weighted by Crippen LogP contribution is -2.34. The van der Waals surface area contributed by atoms with Gasteiger partial charge in [0, 0.05) is 6.54 Å². The average molecular weight is 285 g/mol. The van der Waals surface area contributed by atoms with Gasteiger partial charge in [0.2, 0.25) is 0 Å². The van der Waals surface area contributed by atoms with Gasteiger partial charge in [-0.25, -0.2) is 4.79 Å². The predicted octanol–water partition coefficient (Wildman–Crippen LogP) is 3.26. The van der Waals surface area contributed by atoms with Crippen molar-refractivity contribution in [3.63, 3.8) is 0 Å². The number of aliphatic hydroxyl groups excluding tert-OH is 1. The molecule has 0 spiro atoms. The van der Waals surface area contributed by atoms with Crippen molar-refractivity contribution in [2.24, 2.45) is 5.41 Å². The monoisotopic (exact) mass is 284 g/mol. The fraction of sp³-hybridized carbons (Fsp3) is 0.500. The van der Waals surface area contributed by atoms with E-state index in [1.807, 2.05) is 20.8 Å². The number of nitrogens with one attached hydrogen (secondary N) is 2. The molecule has 0 heterocycles. The molecule has 0 aromatic heterocycles. The second-order valence-electron chi connectivity index (χ2n) is 5.53. The minimum absolute atomic E-state index is 0.180. The molecule has 4 nitrogen and oxygen atoms in total. The molecule has 1 atom stereocenters. The molecule has 0 saturated heterocycles. The average Bonchev–Trinajstić information content (AvgIpc) is 2.31. The number of amides is 2. The van der Waals surface area contributed by atoms with Gasteiger partial charge in [-0.3, -0.25) is 0 Å². The highest BCUT2D eigenvalue weighted by molar-refractivity contribution is 6.33. The molecular weight excluding hydrogens is 264 g/mol. The van der Waals surface area contributed by atoms with Crippen molar-refractivity contribution in [3.8, 4) is 0 Å². The molecule has 0 saturated carbocycles. The van der Waals surface area contributed by atoms with E-state index >= 15 is 0 Å². The third kappa shape index (κ3) is 5.49. The van der Waals surface area contributed by atoms with E-state index in [2.05, 4.69) is 10.6 Å². The number of halogens is 1. The SMILES string of the molecule is CC(C)(C)[C@@H](O)CCNC(=O)Nc1ccccc1Cl. The van der Waals surface area contributed by atoms with Crippen molar-refractivity contribution in [2.45, 2.75) is 33.3 Å². The predicted molar refractivity (Wildman–Crippen MR) is 78.6 cm³/mol. The van der Waals surface area contributed by atoms with Crippen molar-refractivity contribution in [2.75, 3.05) is 11.9 Å². The van der Waals surface area contributed by atoms with Crippen LogP contribution in [0.1, 0.15) is 27.2 Å². The summed E-state index contributed by atoms with van der Waals surface area (Å²) in [5, 5.41) is 15.7. The van der Waals surface area contributed by atoms with Crippen LogP contribution in [0.3, 0.4) is 0 Å².